The van der Waals surface area contributed by atoms with Gasteiger partial charge in [-0.2, -0.15) is 5.10 Å². The predicted octanol–water partition coefficient (Wildman–Crippen LogP) is 5.17. The van der Waals surface area contributed by atoms with Gasteiger partial charge in [-0.3, -0.25) is 14.9 Å². The van der Waals surface area contributed by atoms with Crippen LogP contribution < -0.4 is 16.0 Å². The van der Waals surface area contributed by atoms with Crippen molar-refractivity contribution < 1.29 is 4.79 Å². The molecule has 1 fully saturated rings. The van der Waals surface area contributed by atoms with E-state index in [1.165, 1.54) is 6.42 Å². The average Bonchev–Trinajstić information content (AvgIpc) is 3.16. The lowest BCUT2D eigenvalue weighted by atomic mass is 9.88. The first-order chi connectivity index (χ1) is 14.6. The van der Waals surface area contributed by atoms with E-state index in [1.807, 2.05) is 25.1 Å². The van der Waals surface area contributed by atoms with Crippen molar-refractivity contribution in [2.75, 3.05) is 16.0 Å². The van der Waals surface area contributed by atoms with E-state index in [0.717, 1.165) is 37.1 Å². The molecule has 0 saturated heterocycles. The molecule has 0 spiro atoms. The highest BCUT2D eigenvalue weighted by molar-refractivity contribution is 6.33. The van der Waals surface area contributed by atoms with Crippen molar-refractivity contribution in [2.45, 2.75) is 39.0 Å². The van der Waals surface area contributed by atoms with Crippen LogP contribution in [0.4, 0.5) is 28.8 Å². The smallest absolute Gasteiger partial charge is 0.227 e. The van der Waals surface area contributed by atoms with Gasteiger partial charge in [0.1, 0.15) is 0 Å². The molecule has 1 aromatic carbocycles. The summed E-state index contributed by atoms with van der Waals surface area (Å²) in [4.78, 5) is 21.3. The van der Waals surface area contributed by atoms with Crippen LogP contribution >= 0.6 is 11.6 Å². The molecule has 30 heavy (non-hydrogen) atoms. The SMILES string of the molecule is Cc1cc(Nc2cncc(Nc3ccc(Cl)c(NC(=O)C4CCCCC4)c3)n2)n[nH]1. The molecule has 156 valence electrons. The van der Waals surface area contributed by atoms with Crippen molar-refractivity contribution in [1.29, 1.82) is 0 Å². The molecule has 8 nitrogen and oxygen atoms in total. The Morgan fingerprint density at radius 2 is 1.83 bits per heavy atom. The van der Waals surface area contributed by atoms with Gasteiger partial charge < -0.3 is 16.0 Å². The molecule has 9 heteroatoms. The second kappa shape index (κ2) is 9.13. The summed E-state index contributed by atoms with van der Waals surface area (Å²) in [6.07, 6.45) is 8.53. The number of aromatic nitrogens is 4. The molecule has 1 amide bonds. The van der Waals surface area contributed by atoms with Crippen LogP contribution in [0.3, 0.4) is 0 Å². The lowest BCUT2D eigenvalue weighted by molar-refractivity contribution is -0.120. The quantitative estimate of drug-likeness (QED) is 0.434. The van der Waals surface area contributed by atoms with E-state index in [0.29, 0.717) is 28.2 Å². The maximum atomic E-state index is 12.6. The number of anilines is 5. The number of rotatable bonds is 6. The molecule has 0 atom stereocenters. The molecule has 2 heterocycles. The summed E-state index contributed by atoms with van der Waals surface area (Å²) in [6, 6.07) is 7.27. The Labute approximate surface area is 179 Å². The number of aromatic amines is 1. The predicted molar refractivity (Wildman–Crippen MR) is 119 cm³/mol. The Morgan fingerprint density at radius 1 is 1.07 bits per heavy atom. The normalized spacial score (nSPS) is 14.3. The van der Waals surface area contributed by atoms with E-state index in [9.17, 15) is 4.79 Å². The molecule has 1 saturated carbocycles. The number of carbonyl (C=O) groups is 1. The van der Waals surface area contributed by atoms with Gasteiger partial charge in [-0.1, -0.05) is 30.9 Å². The number of aryl methyl sites for hydroxylation is 1. The monoisotopic (exact) mass is 425 g/mol. The van der Waals surface area contributed by atoms with Crippen LogP contribution in [0.2, 0.25) is 5.02 Å². The Balaban J connectivity index is 1.45. The van der Waals surface area contributed by atoms with Gasteiger partial charge in [0.15, 0.2) is 17.5 Å². The van der Waals surface area contributed by atoms with Crippen molar-refractivity contribution in [3.8, 4) is 0 Å². The van der Waals surface area contributed by atoms with Gasteiger partial charge in [-0.05, 0) is 38.0 Å². The van der Waals surface area contributed by atoms with Crippen molar-refractivity contribution in [3.05, 3.63) is 47.4 Å². The maximum absolute atomic E-state index is 12.6. The van der Waals surface area contributed by atoms with Gasteiger partial charge in [-0.25, -0.2) is 4.98 Å². The summed E-state index contributed by atoms with van der Waals surface area (Å²) >= 11 is 6.31. The lowest BCUT2D eigenvalue weighted by Crippen LogP contribution is -2.24. The minimum Gasteiger partial charge on any atom is -0.339 e. The number of benzene rings is 1. The van der Waals surface area contributed by atoms with Crippen LogP contribution in [-0.2, 0) is 4.79 Å². The maximum Gasteiger partial charge on any atom is 0.227 e. The minimum atomic E-state index is 0.0361. The highest BCUT2D eigenvalue weighted by Gasteiger charge is 2.21. The molecule has 4 rings (SSSR count). The van der Waals surface area contributed by atoms with Gasteiger partial charge in [0.2, 0.25) is 5.91 Å². The van der Waals surface area contributed by atoms with Crippen LogP contribution in [0.1, 0.15) is 37.8 Å². The molecule has 0 unspecified atom stereocenters. The molecular formula is C21H24ClN7O. The highest BCUT2D eigenvalue weighted by atomic mass is 35.5. The van der Waals surface area contributed by atoms with E-state index in [4.69, 9.17) is 11.6 Å². The van der Waals surface area contributed by atoms with E-state index < -0.39 is 0 Å². The van der Waals surface area contributed by atoms with Gasteiger partial charge in [0.05, 0.1) is 23.1 Å². The summed E-state index contributed by atoms with van der Waals surface area (Å²) in [7, 11) is 0. The lowest BCUT2D eigenvalue weighted by Gasteiger charge is -2.21. The number of hydrogen-bond donors (Lipinski definition) is 4. The number of nitrogens with one attached hydrogen (secondary N) is 4. The molecule has 0 aliphatic heterocycles. The fourth-order valence-corrected chi connectivity index (χ4v) is 3.71. The van der Waals surface area contributed by atoms with Crippen LogP contribution in [-0.4, -0.2) is 26.1 Å². The van der Waals surface area contributed by atoms with Gasteiger partial charge in [-0.15, -0.1) is 0 Å². The van der Waals surface area contributed by atoms with E-state index in [1.54, 1.807) is 18.5 Å². The molecule has 1 aliphatic rings. The average molecular weight is 426 g/mol. The first-order valence-electron chi connectivity index (χ1n) is 10.1. The van der Waals surface area contributed by atoms with E-state index in [2.05, 4.69) is 36.1 Å². The number of H-pyrrole nitrogens is 1. The van der Waals surface area contributed by atoms with Gasteiger partial charge in [0.25, 0.3) is 0 Å². The number of hydrogen-bond acceptors (Lipinski definition) is 6. The standard InChI is InChI=1S/C21H24ClN7O/c1-13-9-18(29-28-13)26-20-12-23-11-19(27-20)24-15-7-8-16(22)17(10-15)25-21(30)14-5-3-2-4-6-14/h7-12,14H,2-6H2,1H3,(H,25,30)(H3,24,26,27,28,29). The van der Waals surface area contributed by atoms with Gasteiger partial charge in [0, 0.05) is 23.4 Å². The molecule has 2 aromatic heterocycles. The van der Waals surface area contributed by atoms with Crippen LogP contribution in [0, 0.1) is 12.8 Å². The molecular weight excluding hydrogens is 402 g/mol. The Morgan fingerprint density at radius 3 is 2.57 bits per heavy atom. The van der Waals surface area contributed by atoms with Crippen molar-refractivity contribution in [1.82, 2.24) is 20.2 Å². The van der Waals surface area contributed by atoms with Crippen LogP contribution in [0.5, 0.6) is 0 Å². The number of carbonyl (C=O) groups excluding carboxylic acids is 1. The van der Waals surface area contributed by atoms with E-state index >= 15 is 0 Å². The molecule has 3 aromatic rings. The Bertz CT molecular complexity index is 1030. The fourth-order valence-electron chi connectivity index (χ4n) is 3.55. The second-order valence-corrected chi connectivity index (χ2v) is 7.90. The summed E-state index contributed by atoms with van der Waals surface area (Å²) in [5.41, 5.74) is 2.29. The van der Waals surface area contributed by atoms with Gasteiger partial charge >= 0.3 is 0 Å². The molecule has 1 aliphatic carbocycles. The first kappa shape index (κ1) is 20.2. The molecule has 0 bridgehead atoms. The zero-order valence-electron chi connectivity index (χ0n) is 16.7. The summed E-state index contributed by atoms with van der Waals surface area (Å²) in [6.45, 7) is 1.92. The second-order valence-electron chi connectivity index (χ2n) is 7.49. The van der Waals surface area contributed by atoms with Crippen molar-refractivity contribution in [3.63, 3.8) is 0 Å². The third-order valence-corrected chi connectivity index (χ3v) is 5.40. The van der Waals surface area contributed by atoms with E-state index in [-0.39, 0.29) is 11.8 Å². The Kier molecular flexibility index (Phi) is 6.13. The van der Waals surface area contributed by atoms with Crippen molar-refractivity contribution >= 4 is 46.3 Å². The fraction of sp³-hybridized carbons (Fsp3) is 0.333. The summed E-state index contributed by atoms with van der Waals surface area (Å²) in [5, 5.41) is 16.8. The summed E-state index contributed by atoms with van der Waals surface area (Å²) < 4.78 is 0. The topological polar surface area (TPSA) is 108 Å². The third-order valence-electron chi connectivity index (χ3n) is 5.07. The highest BCUT2D eigenvalue weighted by Crippen LogP contribution is 2.30. The third kappa shape index (κ3) is 5.07. The van der Waals surface area contributed by atoms with Crippen LogP contribution in [0.25, 0.3) is 0 Å². The Hall–Kier alpha value is -3.13. The number of amides is 1. The largest absolute Gasteiger partial charge is 0.339 e. The van der Waals surface area contributed by atoms with Crippen LogP contribution in [0.15, 0.2) is 36.7 Å². The molecule has 0 radical (unpaired) electrons. The summed E-state index contributed by atoms with van der Waals surface area (Å²) in [5.74, 6) is 1.88. The van der Waals surface area contributed by atoms with Crippen molar-refractivity contribution in [2.24, 2.45) is 5.92 Å². The zero-order valence-corrected chi connectivity index (χ0v) is 17.5. The molecule has 4 N–H and O–H groups in total. The number of nitrogens with zero attached hydrogens (tertiary/aromatic N) is 3. The number of halogens is 1. The zero-order chi connectivity index (χ0) is 20.9. The first-order valence-corrected chi connectivity index (χ1v) is 10.4. The minimum absolute atomic E-state index is 0.0361.